The average molecular weight is 269 g/mol. The minimum absolute atomic E-state index is 0.165. The molecular weight excluding hydrogens is 246 g/mol. The minimum Gasteiger partial charge on any atom is -0.480 e. The van der Waals surface area contributed by atoms with E-state index in [2.05, 4.69) is 15.5 Å². The van der Waals surface area contributed by atoms with E-state index >= 15 is 0 Å². The zero-order chi connectivity index (χ0) is 13.8. The van der Waals surface area contributed by atoms with Crippen molar-refractivity contribution in [3.05, 3.63) is 0 Å². The van der Waals surface area contributed by atoms with Crippen LogP contribution in [0.1, 0.15) is 39.0 Å². The number of carboxylic acids is 1. The van der Waals surface area contributed by atoms with E-state index < -0.39 is 12.0 Å². The zero-order valence-corrected chi connectivity index (χ0v) is 11.4. The van der Waals surface area contributed by atoms with Crippen molar-refractivity contribution >= 4 is 12.0 Å². The number of carbonyl (C=O) groups excluding carboxylic acids is 1. The first-order chi connectivity index (χ1) is 9.11. The first kappa shape index (κ1) is 14.1. The highest BCUT2D eigenvalue weighted by Crippen LogP contribution is 2.27. The van der Waals surface area contributed by atoms with E-state index in [0.717, 1.165) is 32.4 Å². The summed E-state index contributed by atoms with van der Waals surface area (Å²) in [5.41, 5.74) is 0. The molecule has 3 N–H and O–H groups in total. The Labute approximate surface area is 113 Å². The van der Waals surface area contributed by atoms with Gasteiger partial charge in [-0.2, -0.15) is 0 Å². The summed E-state index contributed by atoms with van der Waals surface area (Å²) in [6.45, 7) is 4.06. The summed E-state index contributed by atoms with van der Waals surface area (Å²) in [7, 11) is 0. The third-order valence-corrected chi connectivity index (χ3v) is 4.10. The van der Waals surface area contributed by atoms with Crippen LogP contribution in [0.3, 0.4) is 0 Å². The fourth-order valence-corrected chi connectivity index (χ4v) is 3.17. The van der Waals surface area contributed by atoms with E-state index in [9.17, 15) is 9.59 Å². The van der Waals surface area contributed by atoms with Crippen molar-refractivity contribution in [2.45, 2.75) is 57.2 Å². The number of aliphatic carboxylic acids is 1. The van der Waals surface area contributed by atoms with Gasteiger partial charge in [-0.3, -0.25) is 4.90 Å². The van der Waals surface area contributed by atoms with E-state index in [1.807, 2.05) is 6.92 Å². The number of urea groups is 1. The Morgan fingerprint density at radius 1 is 1.37 bits per heavy atom. The van der Waals surface area contributed by atoms with E-state index in [4.69, 9.17) is 5.11 Å². The molecule has 2 aliphatic rings. The molecule has 6 heteroatoms. The molecule has 0 bridgehead atoms. The molecule has 0 aromatic carbocycles. The molecular formula is C13H23N3O3. The number of rotatable bonds is 5. The molecule has 2 rings (SSSR count). The lowest BCUT2D eigenvalue weighted by Crippen LogP contribution is -2.51. The third-order valence-electron chi connectivity index (χ3n) is 4.10. The quantitative estimate of drug-likeness (QED) is 0.689. The molecule has 108 valence electrons. The molecule has 0 aromatic heterocycles. The average Bonchev–Trinajstić information content (AvgIpc) is 2.93. The molecule has 2 amide bonds. The number of carbonyl (C=O) groups is 2. The molecule has 2 unspecified atom stereocenters. The van der Waals surface area contributed by atoms with E-state index in [0.29, 0.717) is 12.5 Å². The lowest BCUT2D eigenvalue weighted by Gasteiger charge is -2.22. The molecule has 2 fully saturated rings. The van der Waals surface area contributed by atoms with Crippen LogP contribution in [0, 0.1) is 0 Å². The smallest absolute Gasteiger partial charge is 0.326 e. The van der Waals surface area contributed by atoms with Crippen LogP contribution < -0.4 is 10.6 Å². The number of fused-ring (bicyclic) bond motifs is 1. The van der Waals surface area contributed by atoms with Crippen LogP contribution in [-0.4, -0.2) is 53.2 Å². The molecule has 2 aliphatic heterocycles. The second-order valence-electron chi connectivity index (χ2n) is 5.44. The topological polar surface area (TPSA) is 81.7 Å². The van der Waals surface area contributed by atoms with Crippen LogP contribution in [0.25, 0.3) is 0 Å². The van der Waals surface area contributed by atoms with Gasteiger partial charge in [0.15, 0.2) is 0 Å². The van der Waals surface area contributed by atoms with E-state index in [1.54, 1.807) is 0 Å². The standard InChI is InChI=1S/C13H23N3O3/c1-2-4-10(12(17)18)15-13(19)14-9-6-8-16-7-3-5-11(9)16/h9-11H,2-8H2,1H3,(H,17,18)(H2,14,15,19)/t9?,10-,11?/m0/s1. The summed E-state index contributed by atoms with van der Waals surface area (Å²) in [5, 5.41) is 14.5. The summed E-state index contributed by atoms with van der Waals surface area (Å²) in [6, 6.07) is -0.524. The molecule has 0 aromatic rings. The first-order valence-corrected chi connectivity index (χ1v) is 7.15. The maximum Gasteiger partial charge on any atom is 0.326 e. The summed E-state index contributed by atoms with van der Waals surface area (Å²) in [4.78, 5) is 25.3. The van der Waals surface area contributed by atoms with Gasteiger partial charge in [-0.15, -0.1) is 0 Å². The van der Waals surface area contributed by atoms with Crippen LogP contribution in [0.2, 0.25) is 0 Å². The van der Waals surface area contributed by atoms with Gasteiger partial charge in [0, 0.05) is 18.6 Å². The number of nitrogens with zero attached hydrogens (tertiary/aromatic N) is 1. The van der Waals surface area contributed by atoms with Crippen LogP contribution in [0.5, 0.6) is 0 Å². The van der Waals surface area contributed by atoms with Gasteiger partial charge in [-0.05, 0) is 32.2 Å². The maximum absolute atomic E-state index is 11.9. The minimum atomic E-state index is -0.967. The van der Waals surface area contributed by atoms with Crippen molar-refractivity contribution in [1.82, 2.24) is 15.5 Å². The van der Waals surface area contributed by atoms with E-state index in [1.165, 1.54) is 6.42 Å². The number of carboxylic acid groups (broad SMARTS) is 1. The molecule has 19 heavy (non-hydrogen) atoms. The fraction of sp³-hybridized carbons (Fsp3) is 0.846. The fourth-order valence-electron chi connectivity index (χ4n) is 3.17. The van der Waals surface area contributed by atoms with Crippen molar-refractivity contribution in [2.24, 2.45) is 0 Å². The van der Waals surface area contributed by atoms with Gasteiger partial charge < -0.3 is 15.7 Å². The molecule has 3 atom stereocenters. The molecule has 0 aliphatic carbocycles. The maximum atomic E-state index is 11.9. The molecule has 2 saturated heterocycles. The van der Waals surface area contributed by atoms with E-state index in [-0.39, 0.29) is 12.1 Å². The lowest BCUT2D eigenvalue weighted by atomic mass is 10.1. The Kier molecular flexibility index (Phi) is 4.63. The monoisotopic (exact) mass is 269 g/mol. The van der Waals surface area contributed by atoms with Crippen molar-refractivity contribution < 1.29 is 14.7 Å². The van der Waals surface area contributed by atoms with Crippen molar-refractivity contribution in [1.29, 1.82) is 0 Å². The van der Waals surface area contributed by atoms with Gasteiger partial charge in [0.2, 0.25) is 0 Å². The molecule has 2 heterocycles. The molecule has 0 radical (unpaired) electrons. The lowest BCUT2D eigenvalue weighted by molar-refractivity contribution is -0.139. The predicted molar refractivity (Wildman–Crippen MR) is 71.0 cm³/mol. The Bertz CT molecular complexity index is 348. The normalized spacial score (nSPS) is 27.8. The zero-order valence-electron chi connectivity index (χ0n) is 11.4. The molecule has 0 saturated carbocycles. The third kappa shape index (κ3) is 3.37. The predicted octanol–water partition coefficient (Wildman–Crippen LogP) is 0.776. The van der Waals surface area contributed by atoms with Crippen LogP contribution in [-0.2, 0) is 4.79 Å². The Hall–Kier alpha value is -1.30. The highest BCUT2D eigenvalue weighted by molar-refractivity contribution is 5.82. The van der Waals surface area contributed by atoms with Crippen LogP contribution in [0.4, 0.5) is 4.79 Å². The van der Waals surface area contributed by atoms with Gasteiger partial charge in [0.1, 0.15) is 6.04 Å². The number of hydrogen-bond acceptors (Lipinski definition) is 3. The Morgan fingerprint density at radius 3 is 2.84 bits per heavy atom. The van der Waals surface area contributed by atoms with Crippen molar-refractivity contribution in [3.8, 4) is 0 Å². The number of amides is 2. The number of hydrogen-bond donors (Lipinski definition) is 3. The van der Waals surface area contributed by atoms with Gasteiger partial charge >= 0.3 is 12.0 Å². The van der Waals surface area contributed by atoms with Crippen molar-refractivity contribution in [3.63, 3.8) is 0 Å². The first-order valence-electron chi connectivity index (χ1n) is 7.15. The SMILES string of the molecule is CCC[C@H](NC(=O)NC1CCN2CCCC12)C(=O)O. The largest absolute Gasteiger partial charge is 0.480 e. The number of nitrogens with one attached hydrogen (secondary N) is 2. The Morgan fingerprint density at radius 2 is 2.16 bits per heavy atom. The highest BCUT2D eigenvalue weighted by Gasteiger charge is 2.38. The second kappa shape index (κ2) is 6.23. The summed E-state index contributed by atoms with van der Waals surface area (Å²) < 4.78 is 0. The summed E-state index contributed by atoms with van der Waals surface area (Å²) in [6.07, 6.45) is 4.48. The van der Waals surface area contributed by atoms with Crippen molar-refractivity contribution in [2.75, 3.05) is 13.1 Å². The van der Waals surface area contributed by atoms with Gasteiger partial charge in [-0.25, -0.2) is 9.59 Å². The molecule has 6 nitrogen and oxygen atoms in total. The Balaban J connectivity index is 1.82. The highest BCUT2D eigenvalue weighted by atomic mass is 16.4. The van der Waals surface area contributed by atoms with Gasteiger partial charge in [0.05, 0.1) is 0 Å². The molecule has 0 spiro atoms. The summed E-state index contributed by atoms with van der Waals surface area (Å²) in [5.74, 6) is -0.967. The summed E-state index contributed by atoms with van der Waals surface area (Å²) >= 11 is 0. The van der Waals surface area contributed by atoms with Gasteiger partial charge in [-0.1, -0.05) is 13.3 Å². The van der Waals surface area contributed by atoms with Crippen LogP contribution >= 0.6 is 0 Å². The second-order valence-corrected chi connectivity index (χ2v) is 5.44. The van der Waals surface area contributed by atoms with Crippen LogP contribution in [0.15, 0.2) is 0 Å². The van der Waals surface area contributed by atoms with Gasteiger partial charge in [0.25, 0.3) is 0 Å².